The van der Waals surface area contributed by atoms with Crippen molar-refractivity contribution in [1.29, 1.82) is 0 Å². The smallest absolute Gasteiger partial charge is 0.234 e. The fourth-order valence-corrected chi connectivity index (χ4v) is 2.81. The van der Waals surface area contributed by atoms with E-state index in [2.05, 4.69) is 12.2 Å². The average molecular weight is 300 g/mol. The van der Waals surface area contributed by atoms with Crippen LogP contribution < -0.4 is 11.1 Å². The summed E-state index contributed by atoms with van der Waals surface area (Å²) in [7, 11) is 0. The Bertz CT molecular complexity index is 623. The van der Waals surface area contributed by atoms with E-state index in [0.29, 0.717) is 5.75 Å². The summed E-state index contributed by atoms with van der Waals surface area (Å²) in [6.45, 7) is 4.13. The van der Waals surface area contributed by atoms with Crippen LogP contribution >= 0.6 is 11.8 Å². The van der Waals surface area contributed by atoms with E-state index in [9.17, 15) is 4.79 Å². The monoisotopic (exact) mass is 300 g/mol. The van der Waals surface area contributed by atoms with E-state index >= 15 is 0 Å². The SMILES string of the molecule is CCc1ccc(NC(=O)CSc2cc(N)ccc2C)cc1. The summed E-state index contributed by atoms with van der Waals surface area (Å²) in [5.74, 6) is 0.367. The fourth-order valence-electron chi connectivity index (χ4n) is 1.94. The Morgan fingerprint density at radius 1 is 1.19 bits per heavy atom. The second-order valence-electron chi connectivity index (χ2n) is 4.91. The summed E-state index contributed by atoms with van der Waals surface area (Å²) in [5, 5.41) is 2.91. The first kappa shape index (κ1) is 15.4. The summed E-state index contributed by atoms with van der Waals surface area (Å²) >= 11 is 1.50. The maximum atomic E-state index is 12.0. The van der Waals surface area contributed by atoms with Gasteiger partial charge in [0.2, 0.25) is 5.91 Å². The predicted octanol–water partition coefficient (Wildman–Crippen LogP) is 3.87. The number of aryl methyl sites for hydroxylation is 2. The zero-order chi connectivity index (χ0) is 15.2. The van der Waals surface area contributed by atoms with Gasteiger partial charge in [0.05, 0.1) is 5.75 Å². The van der Waals surface area contributed by atoms with Crippen LogP contribution in [-0.2, 0) is 11.2 Å². The molecule has 0 aliphatic rings. The van der Waals surface area contributed by atoms with E-state index in [0.717, 1.165) is 28.3 Å². The Hall–Kier alpha value is -1.94. The maximum absolute atomic E-state index is 12.0. The Labute approximate surface area is 129 Å². The number of nitrogen functional groups attached to an aromatic ring is 1. The Morgan fingerprint density at radius 3 is 2.57 bits per heavy atom. The summed E-state index contributed by atoms with van der Waals surface area (Å²) in [4.78, 5) is 13.0. The van der Waals surface area contributed by atoms with Crippen molar-refractivity contribution in [2.24, 2.45) is 0 Å². The van der Waals surface area contributed by atoms with Gasteiger partial charge in [0.25, 0.3) is 0 Å². The highest BCUT2D eigenvalue weighted by atomic mass is 32.2. The number of nitrogens with two attached hydrogens (primary N) is 1. The van der Waals surface area contributed by atoms with Crippen molar-refractivity contribution in [3.8, 4) is 0 Å². The largest absolute Gasteiger partial charge is 0.399 e. The highest BCUT2D eigenvalue weighted by Crippen LogP contribution is 2.24. The van der Waals surface area contributed by atoms with Crippen molar-refractivity contribution < 1.29 is 4.79 Å². The third kappa shape index (κ3) is 4.53. The molecular formula is C17H20N2OS. The molecule has 3 nitrogen and oxygen atoms in total. The van der Waals surface area contributed by atoms with Crippen LogP contribution in [0.25, 0.3) is 0 Å². The Kier molecular flexibility index (Phi) is 5.28. The second kappa shape index (κ2) is 7.18. The van der Waals surface area contributed by atoms with Crippen LogP contribution in [0.4, 0.5) is 11.4 Å². The number of anilines is 2. The molecule has 0 atom stereocenters. The van der Waals surface area contributed by atoms with Crippen molar-refractivity contribution in [1.82, 2.24) is 0 Å². The van der Waals surface area contributed by atoms with E-state index < -0.39 is 0 Å². The van der Waals surface area contributed by atoms with Crippen molar-refractivity contribution in [2.45, 2.75) is 25.2 Å². The molecule has 21 heavy (non-hydrogen) atoms. The maximum Gasteiger partial charge on any atom is 0.234 e. The van der Waals surface area contributed by atoms with Crippen molar-refractivity contribution in [3.63, 3.8) is 0 Å². The van der Waals surface area contributed by atoms with E-state index in [4.69, 9.17) is 5.73 Å². The fraction of sp³-hybridized carbons (Fsp3) is 0.235. The van der Waals surface area contributed by atoms with Gasteiger partial charge in [-0.2, -0.15) is 0 Å². The molecule has 0 heterocycles. The van der Waals surface area contributed by atoms with Crippen LogP contribution in [0.3, 0.4) is 0 Å². The molecule has 0 unspecified atom stereocenters. The van der Waals surface area contributed by atoms with Gasteiger partial charge in [-0.05, 0) is 48.7 Å². The molecule has 110 valence electrons. The van der Waals surface area contributed by atoms with Gasteiger partial charge in [-0.3, -0.25) is 4.79 Å². The molecule has 0 fully saturated rings. The molecule has 4 heteroatoms. The molecule has 0 spiro atoms. The predicted molar refractivity (Wildman–Crippen MR) is 90.8 cm³/mol. The first-order valence-corrected chi connectivity index (χ1v) is 7.94. The topological polar surface area (TPSA) is 55.1 Å². The van der Waals surface area contributed by atoms with Gasteiger partial charge in [0.1, 0.15) is 0 Å². The normalized spacial score (nSPS) is 10.4. The number of hydrogen-bond donors (Lipinski definition) is 2. The standard InChI is InChI=1S/C17H20N2OS/c1-3-13-5-8-15(9-6-13)19-17(20)11-21-16-10-14(18)7-4-12(16)2/h4-10H,3,11,18H2,1-2H3,(H,19,20). The molecule has 0 bridgehead atoms. The van der Waals surface area contributed by atoms with Gasteiger partial charge in [0, 0.05) is 16.3 Å². The number of rotatable bonds is 5. The molecule has 3 N–H and O–H groups in total. The molecule has 0 saturated heterocycles. The molecule has 0 aliphatic carbocycles. The van der Waals surface area contributed by atoms with E-state index in [-0.39, 0.29) is 5.91 Å². The molecule has 2 aromatic carbocycles. The molecule has 0 radical (unpaired) electrons. The number of hydrogen-bond acceptors (Lipinski definition) is 3. The molecule has 2 aromatic rings. The van der Waals surface area contributed by atoms with Gasteiger partial charge < -0.3 is 11.1 Å². The summed E-state index contributed by atoms with van der Waals surface area (Å²) in [6.07, 6.45) is 0.999. The molecule has 0 aromatic heterocycles. The van der Waals surface area contributed by atoms with Crippen molar-refractivity contribution in [3.05, 3.63) is 53.6 Å². The number of carbonyl (C=O) groups excluding carboxylic acids is 1. The van der Waals surface area contributed by atoms with Crippen LogP contribution in [-0.4, -0.2) is 11.7 Å². The summed E-state index contributed by atoms with van der Waals surface area (Å²) in [6, 6.07) is 13.7. The van der Waals surface area contributed by atoms with Gasteiger partial charge in [-0.15, -0.1) is 11.8 Å². The molecule has 0 aliphatic heterocycles. The number of amides is 1. The van der Waals surface area contributed by atoms with E-state index in [1.807, 2.05) is 49.4 Å². The first-order valence-electron chi connectivity index (χ1n) is 6.96. The summed E-state index contributed by atoms with van der Waals surface area (Å²) < 4.78 is 0. The van der Waals surface area contributed by atoms with Crippen molar-refractivity contribution in [2.75, 3.05) is 16.8 Å². The van der Waals surface area contributed by atoms with Gasteiger partial charge in [-0.25, -0.2) is 0 Å². The highest BCUT2D eigenvalue weighted by molar-refractivity contribution is 8.00. The average Bonchev–Trinajstić information content (AvgIpc) is 2.49. The van der Waals surface area contributed by atoms with Gasteiger partial charge in [0.15, 0.2) is 0 Å². The lowest BCUT2D eigenvalue weighted by atomic mass is 10.1. The van der Waals surface area contributed by atoms with Crippen molar-refractivity contribution >= 4 is 29.0 Å². The lowest BCUT2D eigenvalue weighted by molar-refractivity contribution is -0.113. The minimum absolute atomic E-state index is 0.00827. The zero-order valence-electron chi connectivity index (χ0n) is 12.3. The third-order valence-electron chi connectivity index (χ3n) is 3.22. The third-order valence-corrected chi connectivity index (χ3v) is 4.37. The van der Waals surface area contributed by atoms with Gasteiger partial charge >= 0.3 is 0 Å². The Morgan fingerprint density at radius 2 is 1.90 bits per heavy atom. The molecule has 1 amide bonds. The quantitative estimate of drug-likeness (QED) is 0.651. The van der Waals surface area contributed by atoms with Crippen LogP contribution in [0.1, 0.15) is 18.1 Å². The van der Waals surface area contributed by atoms with Crippen LogP contribution in [0.2, 0.25) is 0 Å². The number of thioether (sulfide) groups is 1. The number of benzene rings is 2. The summed E-state index contributed by atoms with van der Waals surface area (Å²) in [5.41, 5.74) is 9.72. The molecule has 0 saturated carbocycles. The minimum Gasteiger partial charge on any atom is -0.399 e. The van der Waals surface area contributed by atoms with Gasteiger partial charge in [-0.1, -0.05) is 25.1 Å². The zero-order valence-corrected chi connectivity index (χ0v) is 13.2. The van der Waals surface area contributed by atoms with E-state index in [1.165, 1.54) is 17.3 Å². The highest BCUT2D eigenvalue weighted by Gasteiger charge is 2.06. The van der Waals surface area contributed by atoms with E-state index in [1.54, 1.807) is 0 Å². The Balaban J connectivity index is 1.91. The first-order chi connectivity index (χ1) is 10.1. The van der Waals surface area contributed by atoms with Crippen LogP contribution in [0, 0.1) is 6.92 Å². The molecule has 2 rings (SSSR count). The lowest BCUT2D eigenvalue weighted by Gasteiger charge is -2.08. The number of nitrogens with one attached hydrogen (secondary N) is 1. The molecular weight excluding hydrogens is 280 g/mol. The second-order valence-corrected chi connectivity index (χ2v) is 5.93. The van der Waals surface area contributed by atoms with Crippen LogP contribution in [0.5, 0.6) is 0 Å². The number of carbonyl (C=O) groups is 1. The van der Waals surface area contributed by atoms with Crippen LogP contribution in [0.15, 0.2) is 47.4 Å². The minimum atomic E-state index is -0.00827. The lowest BCUT2D eigenvalue weighted by Crippen LogP contribution is -2.14.